The van der Waals surface area contributed by atoms with Gasteiger partial charge >= 0.3 is 5.97 Å². The van der Waals surface area contributed by atoms with Crippen molar-refractivity contribution in [3.63, 3.8) is 0 Å². The molecule has 2 rings (SSSR count). The van der Waals surface area contributed by atoms with Gasteiger partial charge in [-0.1, -0.05) is 12.1 Å². The minimum absolute atomic E-state index is 0.0472. The van der Waals surface area contributed by atoms with Gasteiger partial charge in [-0.25, -0.2) is 17.9 Å². The number of esters is 1. The summed E-state index contributed by atoms with van der Waals surface area (Å²) in [6.07, 6.45) is 4.10. The number of benzene rings is 1. The highest BCUT2D eigenvalue weighted by Gasteiger charge is 2.15. The normalized spacial score (nSPS) is 12.1. The van der Waals surface area contributed by atoms with Gasteiger partial charge in [0.1, 0.15) is 5.76 Å². The zero-order valence-electron chi connectivity index (χ0n) is 16.5. The molecule has 0 radical (unpaired) electrons. The topological polar surface area (TPSA) is 115 Å². The van der Waals surface area contributed by atoms with Crippen molar-refractivity contribution in [1.29, 1.82) is 0 Å². The molecule has 156 valence electrons. The van der Waals surface area contributed by atoms with E-state index in [2.05, 4.69) is 10.0 Å². The van der Waals surface area contributed by atoms with Crippen LogP contribution in [0.1, 0.15) is 32.1 Å². The molecule has 1 aromatic heterocycles. The van der Waals surface area contributed by atoms with Crippen LogP contribution in [-0.4, -0.2) is 32.4 Å². The van der Waals surface area contributed by atoms with E-state index in [4.69, 9.17) is 9.15 Å². The molecule has 0 bridgehead atoms. The minimum atomic E-state index is -3.69. The third kappa shape index (κ3) is 7.92. The van der Waals surface area contributed by atoms with E-state index < -0.39 is 27.4 Å². The van der Waals surface area contributed by atoms with Crippen molar-refractivity contribution < 1.29 is 27.2 Å². The predicted octanol–water partition coefficient (Wildman–Crippen LogP) is 2.23. The smallest absolute Gasteiger partial charge is 0.331 e. The Morgan fingerprint density at radius 2 is 1.83 bits per heavy atom. The van der Waals surface area contributed by atoms with Gasteiger partial charge in [0.2, 0.25) is 10.0 Å². The fourth-order valence-corrected chi connectivity index (χ4v) is 3.22. The number of rotatable bonds is 8. The van der Waals surface area contributed by atoms with E-state index in [-0.39, 0.29) is 18.0 Å². The van der Waals surface area contributed by atoms with Crippen LogP contribution in [0.5, 0.6) is 0 Å². The molecule has 1 aromatic carbocycles. The van der Waals surface area contributed by atoms with Crippen molar-refractivity contribution in [3.8, 4) is 0 Å². The number of hydrogen-bond acceptors (Lipinski definition) is 6. The van der Waals surface area contributed by atoms with Crippen LogP contribution >= 0.6 is 0 Å². The lowest BCUT2D eigenvalue weighted by molar-refractivity contribution is -0.144. The Hall–Kier alpha value is -2.91. The number of furan rings is 1. The molecule has 0 aliphatic carbocycles. The highest BCUT2D eigenvalue weighted by atomic mass is 32.2. The molecule has 0 fully saturated rings. The first-order chi connectivity index (χ1) is 13.5. The number of hydrogen-bond donors (Lipinski definition) is 2. The largest absolute Gasteiger partial charge is 0.468 e. The third-order valence-corrected chi connectivity index (χ3v) is 4.90. The second-order valence-electron chi connectivity index (χ2n) is 7.21. The Morgan fingerprint density at radius 3 is 2.41 bits per heavy atom. The maximum atomic E-state index is 12.3. The van der Waals surface area contributed by atoms with Gasteiger partial charge in [-0.3, -0.25) is 4.79 Å². The van der Waals surface area contributed by atoms with Crippen LogP contribution in [-0.2, 0) is 30.9 Å². The predicted molar refractivity (Wildman–Crippen MR) is 107 cm³/mol. The Balaban J connectivity index is 1.87. The first-order valence-electron chi connectivity index (χ1n) is 8.83. The lowest BCUT2D eigenvalue weighted by atomic mass is 10.1. The number of nitrogens with one attached hydrogen (secondary N) is 2. The molecule has 2 N–H and O–H groups in total. The summed E-state index contributed by atoms with van der Waals surface area (Å²) in [5, 5.41) is 2.68. The molecule has 0 saturated carbocycles. The van der Waals surface area contributed by atoms with Crippen LogP contribution in [0.15, 0.2) is 58.1 Å². The Bertz CT molecular complexity index is 955. The Morgan fingerprint density at radius 1 is 1.14 bits per heavy atom. The van der Waals surface area contributed by atoms with Crippen molar-refractivity contribution in [2.45, 2.75) is 37.8 Å². The zero-order chi connectivity index (χ0) is 21.5. The van der Waals surface area contributed by atoms with Crippen molar-refractivity contribution in [1.82, 2.24) is 10.0 Å². The molecule has 0 saturated heterocycles. The first kappa shape index (κ1) is 22.4. The van der Waals surface area contributed by atoms with Crippen LogP contribution < -0.4 is 10.0 Å². The van der Waals surface area contributed by atoms with Gasteiger partial charge in [-0.05, 0) is 56.7 Å². The second-order valence-corrected chi connectivity index (χ2v) is 8.98. The number of sulfonamides is 1. The molecule has 1 amide bonds. The van der Waals surface area contributed by atoms with Gasteiger partial charge in [0.05, 0.1) is 17.7 Å². The van der Waals surface area contributed by atoms with Gasteiger partial charge in [-0.2, -0.15) is 0 Å². The van der Waals surface area contributed by atoms with Gasteiger partial charge in [0, 0.05) is 11.6 Å². The van der Waals surface area contributed by atoms with E-state index in [0.29, 0.717) is 11.3 Å². The lowest BCUT2D eigenvalue weighted by Gasteiger charge is -2.20. The van der Waals surface area contributed by atoms with E-state index in [1.807, 2.05) is 20.8 Å². The van der Waals surface area contributed by atoms with Gasteiger partial charge < -0.3 is 14.5 Å². The summed E-state index contributed by atoms with van der Waals surface area (Å²) >= 11 is 0. The van der Waals surface area contributed by atoms with Crippen molar-refractivity contribution >= 4 is 28.0 Å². The third-order valence-electron chi connectivity index (χ3n) is 3.48. The van der Waals surface area contributed by atoms with E-state index in [9.17, 15) is 18.0 Å². The Kier molecular flexibility index (Phi) is 7.35. The standard InChI is InChI=1S/C20H24N2O6S/c1-20(2,3)22-18(23)14-28-19(24)11-8-15-6-9-17(10-7-15)29(25,26)21-13-16-5-4-12-27-16/h4-12,21H,13-14H2,1-3H3,(H,22,23)/b11-8+. The number of carbonyl (C=O) groups excluding carboxylic acids is 2. The van der Waals surface area contributed by atoms with Gasteiger partial charge in [-0.15, -0.1) is 0 Å². The van der Waals surface area contributed by atoms with E-state index in [1.54, 1.807) is 24.3 Å². The highest BCUT2D eigenvalue weighted by Crippen LogP contribution is 2.12. The zero-order valence-corrected chi connectivity index (χ0v) is 17.3. The molecule has 0 unspecified atom stereocenters. The monoisotopic (exact) mass is 420 g/mol. The van der Waals surface area contributed by atoms with Crippen LogP contribution in [0.2, 0.25) is 0 Å². The lowest BCUT2D eigenvalue weighted by Crippen LogP contribution is -2.42. The van der Waals surface area contributed by atoms with Crippen molar-refractivity contribution in [3.05, 3.63) is 60.1 Å². The molecule has 0 aliphatic rings. The molecule has 0 aliphatic heterocycles. The average molecular weight is 420 g/mol. The van der Waals surface area contributed by atoms with Crippen molar-refractivity contribution in [2.75, 3.05) is 6.61 Å². The molecule has 29 heavy (non-hydrogen) atoms. The average Bonchev–Trinajstić information content (AvgIpc) is 3.16. The minimum Gasteiger partial charge on any atom is -0.468 e. The fraction of sp³-hybridized carbons (Fsp3) is 0.300. The fourth-order valence-electron chi connectivity index (χ4n) is 2.22. The van der Waals surface area contributed by atoms with Crippen LogP contribution in [0.4, 0.5) is 0 Å². The summed E-state index contributed by atoms with van der Waals surface area (Å²) in [4.78, 5) is 23.4. The number of amides is 1. The van der Waals surface area contributed by atoms with Gasteiger partial charge in [0.25, 0.3) is 5.91 Å². The van der Waals surface area contributed by atoms with Crippen molar-refractivity contribution in [2.24, 2.45) is 0 Å². The molecular weight excluding hydrogens is 396 g/mol. The molecule has 8 nitrogen and oxygen atoms in total. The number of ether oxygens (including phenoxy) is 1. The number of carbonyl (C=O) groups is 2. The van der Waals surface area contributed by atoms with Gasteiger partial charge in [0.15, 0.2) is 6.61 Å². The first-order valence-corrected chi connectivity index (χ1v) is 10.3. The highest BCUT2D eigenvalue weighted by molar-refractivity contribution is 7.89. The molecule has 2 aromatic rings. The summed E-state index contributed by atoms with van der Waals surface area (Å²) in [6.45, 7) is 5.14. The van der Waals surface area contributed by atoms with Crippen LogP contribution in [0, 0.1) is 0 Å². The summed E-state index contributed by atoms with van der Waals surface area (Å²) in [5.74, 6) is -0.565. The molecule has 0 atom stereocenters. The van der Waals surface area contributed by atoms with Crippen LogP contribution in [0.25, 0.3) is 6.08 Å². The van der Waals surface area contributed by atoms with E-state index >= 15 is 0 Å². The van der Waals surface area contributed by atoms with E-state index in [1.165, 1.54) is 30.5 Å². The van der Waals surface area contributed by atoms with Crippen LogP contribution in [0.3, 0.4) is 0 Å². The summed E-state index contributed by atoms with van der Waals surface area (Å²) in [6, 6.07) is 9.29. The quantitative estimate of drug-likeness (QED) is 0.500. The summed E-state index contributed by atoms with van der Waals surface area (Å²) in [5.41, 5.74) is 0.194. The Labute approximate surface area is 170 Å². The summed E-state index contributed by atoms with van der Waals surface area (Å²) in [7, 11) is -3.69. The molecule has 1 heterocycles. The molecule has 0 spiro atoms. The molecular formula is C20H24N2O6S. The maximum absolute atomic E-state index is 12.3. The van der Waals surface area contributed by atoms with E-state index in [0.717, 1.165) is 0 Å². The molecule has 9 heteroatoms. The maximum Gasteiger partial charge on any atom is 0.331 e. The summed E-state index contributed by atoms with van der Waals surface area (Å²) < 4.78 is 36.9. The SMILES string of the molecule is CC(C)(C)NC(=O)COC(=O)/C=C/c1ccc(S(=O)(=O)NCc2ccco2)cc1. The second kappa shape index (κ2) is 9.53.